The van der Waals surface area contributed by atoms with Crippen LogP contribution >= 0.6 is 11.3 Å². The summed E-state index contributed by atoms with van der Waals surface area (Å²) in [6.45, 7) is 9.77. The van der Waals surface area contributed by atoms with Gasteiger partial charge in [0.15, 0.2) is 0 Å². The lowest BCUT2D eigenvalue weighted by molar-refractivity contribution is 0.207. The lowest BCUT2D eigenvalue weighted by atomic mass is 9.93. The van der Waals surface area contributed by atoms with Gasteiger partial charge >= 0.3 is 6.03 Å². The molecule has 24 heavy (non-hydrogen) atoms. The molecule has 1 aromatic carbocycles. The number of benzene rings is 1. The van der Waals surface area contributed by atoms with Gasteiger partial charge in [-0.3, -0.25) is 0 Å². The lowest BCUT2D eigenvalue weighted by Gasteiger charge is -2.19. The van der Waals surface area contributed by atoms with E-state index in [9.17, 15) is 4.79 Å². The number of urea groups is 1. The average Bonchev–Trinajstić information content (AvgIpc) is 2.98. The van der Waals surface area contributed by atoms with E-state index >= 15 is 0 Å². The quantitative estimate of drug-likeness (QED) is 0.885. The highest BCUT2D eigenvalue weighted by Gasteiger charge is 2.17. The Morgan fingerprint density at radius 2 is 2.00 bits per heavy atom. The first-order valence-corrected chi connectivity index (χ1v) is 9.13. The van der Waals surface area contributed by atoms with E-state index in [4.69, 9.17) is 0 Å². The lowest BCUT2D eigenvalue weighted by Crippen LogP contribution is -2.37. The van der Waals surface area contributed by atoms with Crippen molar-refractivity contribution in [3.05, 3.63) is 51.5 Å². The van der Waals surface area contributed by atoms with Gasteiger partial charge < -0.3 is 10.2 Å². The van der Waals surface area contributed by atoms with Crippen LogP contribution in [0.15, 0.2) is 29.6 Å². The van der Waals surface area contributed by atoms with E-state index in [1.807, 2.05) is 19.2 Å². The molecule has 130 valence electrons. The van der Waals surface area contributed by atoms with Crippen molar-refractivity contribution < 1.29 is 4.79 Å². The Balaban J connectivity index is 1.80. The first-order valence-electron chi connectivity index (χ1n) is 8.25. The molecule has 0 saturated carbocycles. The molecule has 0 spiro atoms. The molecule has 1 heterocycles. The molecule has 0 aliphatic heterocycles. The summed E-state index contributed by atoms with van der Waals surface area (Å²) in [5, 5.41) is 6.16. The number of thiazole rings is 1. The number of carbonyl (C=O) groups excluding carboxylic acids is 1. The summed E-state index contributed by atoms with van der Waals surface area (Å²) in [5.41, 5.74) is 3.57. The SMILES string of the molecule is Cc1ccccc1CN(C)C(=O)NCCc1nc(C(C)(C)C)cs1. The Morgan fingerprint density at radius 1 is 1.29 bits per heavy atom. The molecule has 4 nitrogen and oxygen atoms in total. The van der Waals surface area contributed by atoms with Crippen LogP contribution in [0, 0.1) is 6.92 Å². The van der Waals surface area contributed by atoms with Gasteiger partial charge in [0.25, 0.3) is 0 Å². The van der Waals surface area contributed by atoms with E-state index < -0.39 is 0 Å². The normalized spacial score (nSPS) is 11.4. The van der Waals surface area contributed by atoms with Crippen molar-refractivity contribution in [1.82, 2.24) is 15.2 Å². The van der Waals surface area contributed by atoms with Gasteiger partial charge in [0.1, 0.15) is 0 Å². The maximum atomic E-state index is 12.2. The first kappa shape index (κ1) is 18.5. The van der Waals surface area contributed by atoms with E-state index in [-0.39, 0.29) is 11.4 Å². The number of rotatable bonds is 5. The van der Waals surface area contributed by atoms with E-state index in [0.29, 0.717) is 13.1 Å². The maximum absolute atomic E-state index is 12.2. The molecule has 2 aromatic rings. The highest BCUT2D eigenvalue weighted by atomic mass is 32.1. The van der Waals surface area contributed by atoms with Crippen LogP contribution in [0.2, 0.25) is 0 Å². The smallest absolute Gasteiger partial charge is 0.317 e. The van der Waals surface area contributed by atoms with Crippen LogP contribution in [0.4, 0.5) is 4.79 Å². The summed E-state index contributed by atoms with van der Waals surface area (Å²) in [6.07, 6.45) is 0.769. The minimum atomic E-state index is -0.0501. The van der Waals surface area contributed by atoms with Crippen molar-refractivity contribution in [2.24, 2.45) is 0 Å². The molecule has 0 bridgehead atoms. The van der Waals surface area contributed by atoms with Gasteiger partial charge in [-0.05, 0) is 18.1 Å². The maximum Gasteiger partial charge on any atom is 0.317 e. The number of hydrogen-bond donors (Lipinski definition) is 1. The second-order valence-corrected chi connectivity index (χ2v) is 8.08. The summed E-state index contributed by atoms with van der Waals surface area (Å²) in [7, 11) is 1.82. The third kappa shape index (κ3) is 5.06. The molecule has 2 amide bonds. The molecule has 0 atom stereocenters. The molecule has 1 aromatic heterocycles. The molecule has 0 saturated heterocycles. The Morgan fingerprint density at radius 3 is 2.62 bits per heavy atom. The van der Waals surface area contributed by atoms with Gasteiger partial charge in [0.05, 0.1) is 10.7 Å². The number of aromatic nitrogens is 1. The monoisotopic (exact) mass is 345 g/mol. The zero-order valence-electron chi connectivity index (χ0n) is 15.2. The molecule has 5 heteroatoms. The largest absolute Gasteiger partial charge is 0.338 e. The van der Waals surface area contributed by atoms with E-state index in [0.717, 1.165) is 17.1 Å². The fraction of sp³-hybridized carbons (Fsp3) is 0.474. The summed E-state index contributed by atoms with van der Waals surface area (Å²) in [6, 6.07) is 8.09. The molecular formula is C19H27N3OS. The Hall–Kier alpha value is -1.88. The standard InChI is InChI=1S/C19H27N3OS/c1-14-8-6-7-9-15(14)12-22(5)18(23)20-11-10-17-21-16(13-24-17)19(2,3)4/h6-9,13H,10-12H2,1-5H3,(H,20,23). The molecular weight excluding hydrogens is 318 g/mol. The minimum absolute atomic E-state index is 0.0501. The van der Waals surface area contributed by atoms with Crippen LogP contribution in [0.5, 0.6) is 0 Å². The molecule has 0 unspecified atom stereocenters. The van der Waals surface area contributed by atoms with Gasteiger partial charge in [-0.15, -0.1) is 11.3 Å². The number of aryl methyl sites for hydroxylation is 1. The van der Waals surface area contributed by atoms with Crippen LogP contribution in [-0.2, 0) is 18.4 Å². The van der Waals surface area contributed by atoms with Gasteiger partial charge in [-0.25, -0.2) is 9.78 Å². The van der Waals surface area contributed by atoms with Gasteiger partial charge in [0.2, 0.25) is 0 Å². The van der Waals surface area contributed by atoms with Crippen LogP contribution < -0.4 is 5.32 Å². The summed E-state index contributed by atoms with van der Waals surface area (Å²) < 4.78 is 0. The number of nitrogens with one attached hydrogen (secondary N) is 1. The van der Waals surface area contributed by atoms with E-state index in [1.165, 1.54) is 11.1 Å². The number of carbonyl (C=O) groups is 1. The average molecular weight is 346 g/mol. The van der Waals surface area contributed by atoms with E-state index in [1.54, 1.807) is 16.2 Å². The predicted octanol–water partition coefficient (Wildman–Crippen LogP) is 4.13. The van der Waals surface area contributed by atoms with Crippen molar-refractivity contribution in [2.75, 3.05) is 13.6 Å². The molecule has 0 fully saturated rings. The van der Waals surface area contributed by atoms with Gasteiger partial charge in [0, 0.05) is 37.4 Å². The second kappa shape index (κ2) is 7.79. The number of hydrogen-bond acceptors (Lipinski definition) is 3. The highest BCUT2D eigenvalue weighted by Crippen LogP contribution is 2.23. The second-order valence-electron chi connectivity index (χ2n) is 7.14. The Bertz CT molecular complexity index is 688. The molecule has 0 radical (unpaired) electrons. The molecule has 0 aliphatic carbocycles. The molecule has 2 rings (SSSR count). The van der Waals surface area contributed by atoms with Crippen LogP contribution in [0.1, 0.15) is 42.6 Å². The topological polar surface area (TPSA) is 45.2 Å². The minimum Gasteiger partial charge on any atom is -0.338 e. The number of nitrogens with zero attached hydrogens (tertiary/aromatic N) is 2. The fourth-order valence-corrected chi connectivity index (χ4v) is 3.32. The van der Waals surface area contributed by atoms with Crippen molar-refractivity contribution in [1.29, 1.82) is 0 Å². The fourth-order valence-electron chi connectivity index (χ4n) is 2.30. The van der Waals surface area contributed by atoms with E-state index in [2.05, 4.69) is 55.5 Å². The van der Waals surface area contributed by atoms with Crippen molar-refractivity contribution in [3.63, 3.8) is 0 Å². The number of amides is 2. The summed E-state index contributed by atoms with van der Waals surface area (Å²) in [4.78, 5) is 18.6. The summed E-state index contributed by atoms with van der Waals surface area (Å²) >= 11 is 1.67. The predicted molar refractivity (Wildman–Crippen MR) is 101 cm³/mol. The van der Waals surface area contributed by atoms with Crippen molar-refractivity contribution in [3.8, 4) is 0 Å². The van der Waals surface area contributed by atoms with Gasteiger partial charge in [-0.2, -0.15) is 0 Å². The molecule has 0 aliphatic rings. The van der Waals surface area contributed by atoms with Crippen LogP contribution in [0.25, 0.3) is 0 Å². The van der Waals surface area contributed by atoms with Crippen molar-refractivity contribution in [2.45, 2.75) is 46.1 Å². The summed E-state index contributed by atoms with van der Waals surface area (Å²) in [5.74, 6) is 0. The van der Waals surface area contributed by atoms with Crippen molar-refractivity contribution >= 4 is 17.4 Å². The third-order valence-electron chi connectivity index (χ3n) is 3.95. The zero-order valence-corrected chi connectivity index (χ0v) is 16.0. The Labute approximate surface area is 148 Å². The van der Waals surface area contributed by atoms with Crippen LogP contribution in [-0.4, -0.2) is 29.5 Å². The highest BCUT2D eigenvalue weighted by molar-refractivity contribution is 7.09. The third-order valence-corrected chi connectivity index (χ3v) is 4.86. The Kier molecular flexibility index (Phi) is 5.99. The van der Waals surface area contributed by atoms with Crippen LogP contribution in [0.3, 0.4) is 0 Å². The zero-order chi connectivity index (χ0) is 17.7. The first-order chi connectivity index (χ1) is 11.3. The van der Waals surface area contributed by atoms with Gasteiger partial charge in [-0.1, -0.05) is 45.0 Å². The molecule has 1 N–H and O–H groups in total.